The lowest BCUT2D eigenvalue weighted by Gasteiger charge is -2.15. The first kappa shape index (κ1) is 18.2. The maximum atomic E-state index is 13.2. The van der Waals surface area contributed by atoms with Crippen LogP contribution in [0.25, 0.3) is 6.08 Å². The Bertz CT molecular complexity index is 924. The predicted octanol–water partition coefficient (Wildman–Crippen LogP) is 3.48. The van der Waals surface area contributed by atoms with Crippen molar-refractivity contribution in [1.82, 2.24) is 0 Å². The fourth-order valence-electron chi connectivity index (χ4n) is 2.71. The van der Waals surface area contributed by atoms with Gasteiger partial charge in [0, 0.05) is 36.9 Å². The van der Waals surface area contributed by atoms with Crippen molar-refractivity contribution in [3.8, 4) is 5.75 Å². The first-order valence-corrected chi connectivity index (χ1v) is 8.18. The lowest BCUT2D eigenvalue weighted by Crippen LogP contribution is -2.23. The number of carbonyl (C=O) groups is 2. The van der Waals surface area contributed by atoms with E-state index in [1.54, 1.807) is 29.2 Å². The van der Waals surface area contributed by atoms with Crippen molar-refractivity contribution >= 4 is 29.3 Å². The van der Waals surface area contributed by atoms with Gasteiger partial charge in [-0.1, -0.05) is 12.1 Å². The summed E-state index contributed by atoms with van der Waals surface area (Å²) < 4.78 is 18.1. The molecule has 0 unspecified atom stereocenters. The molecular weight excluding hydrogens is 355 g/mol. The lowest BCUT2D eigenvalue weighted by atomic mass is 10.2. The summed E-state index contributed by atoms with van der Waals surface area (Å²) in [5, 5.41) is 10.9. The van der Waals surface area contributed by atoms with E-state index in [0.29, 0.717) is 18.5 Å². The van der Waals surface area contributed by atoms with Crippen LogP contribution in [0.5, 0.6) is 5.75 Å². The van der Waals surface area contributed by atoms with Gasteiger partial charge in [-0.3, -0.25) is 14.9 Å². The van der Waals surface area contributed by atoms with Crippen molar-refractivity contribution in [2.24, 2.45) is 0 Å². The van der Waals surface area contributed by atoms with Gasteiger partial charge in [-0.25, -0.2) is 9.18 Å². The number of benzene rings is 2. The second-order valence-electron chi connectivity index (χ2n) is 5.86. The molecule has 0 aromatic heterocycles. The number of amides is 1. The van der Waals surface area contributed by atoms with Crippen LogP contribution in [0.2, 0.25) is 0 Å². The minimum absolute atomic E-state index is 0.0820. The predicted molar refractivity (Wildman–Crippen MR) is 95.8 cm³/mol. The number of nitro groups is 1. The third-order valence-electron chi connectivity index (χ3n) is 4.02. The van der Waals surface area contributed by atoms with Gasteiger partial charge in [-0.05, 0) is 36.3 Å². The zero-order valence-electron chi connectivity index (χ0n) is 14.1. The molecule has 1 aliphatic rings. The fraction of sp³-hybridized carbons (Fsp3) is 0.158. The molecule has 1 amide bonds. The number of halogens is 1. The summed E-state index contributed by atoms with van der Waals surface area (Å²) in [6, 6.07) is 9.63. The maximum absolute atomic E-state index is 13.2. The zero-order chi connectivity index (χ0) is 19.4. The average Bonchev–Trinajstić information content (AvgIpc) is 3.06. The molecule has 0 bridgehead atoms. The molecule has 1 heterocycles. The van der Waals surface area contributed by atoms with Gasteiger partial charge in [0.2, 0.25) is 11.7 Å². The molecule has 1 fully saturated rings. The third-order valence-corrected chi connectivity index (χ3v) is 4.02. The summed E-state index contributed by atoms with van der Waals surface area (Å²) in [5.74, 6) is -2.00. The Labute approximate surface area is 153 Å². The Morgan fingerprint density at radius 3 is 2.59 bits per heavy atom. The van der Waals surface area contributed by atoms with Gasteiger partial charge in [0.1, 0.15) is 5.82 Å². The summed E-state index contributed by atoms with van der Waals surface area (Å²) in [4.78, 5) is 35.5. The molecule has 1 aliphatic heterocycles. The molecule has 8 heteroatoms. The molecular formula is C19H15FN2O5. The number of hydrogen-bond acceptors (Lipinski definition) is 5. The number of esters is 1. The minimum atomic E-state index is -0.873. The van der Waals surface area contributed by atoms with Gasteiger partial charge in [0.05, 0.1) is 4.92 Å². The van der Waals surface area contributed by atoms with Gasteiger partial charge in [0.25, 0.3) is 0 Å². The van der Waals surface area contributed by atoms with E-state index >= 15 is 0 Å². The summed E-state index contributed by atoms with van der Waals surface area (Å²) in [7, 11) is 0. The van der Waals surface area contributed by atoms with Gasteiger partial charge >= 0.3 is 11.7 Å². The molecule has 2 aromatic rings. The van der Waals surface area contributed by atoms with Crippen LogP contribution in [0.3, 0.4) is 0 Å². The molecule has 0 radical (unpaired) electrons. The molecule has 0 N–H and O–H groups in total. The minimum Gasteiger partial charge on any atom is -0.416 e. The molecule has 3 rings (SSSR count). The van der Waals surface area contributed by atoms with Crippen LogP contribution in [0, 0.1) is 15.9 Å². The molecule has 7 nitrogen and oxygen atoms in total. The molecule has 0 saturated carbocycles. The Balaban J connectivity index is 1.68. The fourth-order valence-corrected chi connectivity index (χ4v) is 2.71. The Kier molecular flexibility index (Phi) is 5.25. The third kappa shape index (κ3) is 4.35. The standard InChI is InChI=1S/C19H15FN2O5/c20-14-6-9-16(22(25)26)17(12-14)27-19(24)10-5-13-3-7-15(8-4-13)21-11-1-2-18(21)23/h3-10,12H,1-2,11H2/b10-5+. The van der Waals surface area contributed by atoms with E-state index in [1.165, 1.54) is 6.08 Å². The van der Waals surface area contributed by atoms with E-state index < -0.39 is 28.1 Å². The molecule has 1 saturated heterocycles. The highest BCUT2D eigenvalue weighted by molar-refractivity contribution is 5.95. The van der Waals surface area contributed by atoms with Crippen LogP contribution in [-0.2, 0) is 9.59 Å². The highest BCUT2D eigenvalue weighted by Crippen LogP contribution is 2.27. The molecule has 138 valence electrons. The second-order valence-corrected chi connectivity index (χ2v) is 5.86. The largest absolute Gasteiger partial charge is 0.416 e. The van der Waals surface area contributed by atoms with Crippen molar-refractivity contribution in [3.05, 3.63) is 70.0 Å². The first-order valence-electron chi connectivity index (χ1n) is 8.18. The van der Waals surface area contributed by atoms with E-state index in [0.717, 1.165) is 36.4 Å². The molecule has 27 heavy (non-hydrogen) atoms. The highest BCUT2D eigenvalue weighted by Gasteiger charge is 2.21. The number of nitrogens with zero attached hydrogens (tertiary/aromatic N) is 2. The van der Waals surface area contributed by atoms with Crippen LogP contribution in [-0.4, -0.2) is 23.3 Å². The summed E-state index contributed by atoms with van der Waals surface area (Å²) in [5.41, 5.74) is 0.960. The van der Waals surface area contributed by atoms with Crippen molar-refractivity contribution in [1.29, 1.82) is 0 Å². The van der Waals surface area contributed by atoms with E-state index in [2.05, 4.69) is 0 Å². The normalized spacial score (nSPS) is 14.0. The van der Waals surface area contributed by atoms with Crippen LogP contribution in [0.4, 0.5) is 15.8 Å². The Morgan fingerprint density at radius 2 is 1.96 bits per heavy atom. The second kappa shape index (κ2) is 7.77. The van der Waals surface area contributed by atoms with E-state index in [1.807, 2.05) is 0 Å². The first-order chi connectivity index (χ1) is 12.9. The van der Waals surface area contributed by atoms with E-state index in [9.17, 15) is 24.1 Å². The monoisotopic (exact) mass is 370 g/mol. The number of rotatable bonds is 5. The zero-order valence-corrected chi connectivity index (χ0v) is 14.1. The van der Waals surface area contributed by atoms with Crippen LogP contribution < -0.4 is 9.64 Å². The molecule has 0 atom stereocenters. The van der Waals surface area contributed by atoms with Gasteiger partial charge in [-0.2, -0.15) is 0 Å². The smallest absolute Gasteiger partial charge is 0.336 e. The van der Waals surface area contributed by atoms with Crippen molar-refractivity contribution < 1.29 is 23.6 Å². The number of ether oxygens (including phenoxy) is 1. The molecule has 2 aromatic carbocycles. The SMILES string of the molecule is O=C(/C=C/c1ccc(N2CCCC2=O)cc1)Oc1cc(F)ccc1[N+](=O)[O-]. The van der Waals surface area contributed by atoms with E-state index in [-0.39, 0.29) is 5.91 Å². The highest BCUT2D eigenvalue weighted by atomic mass is 19.1. The Hall–Kier alpha value is -3.55. The van der Waals surface area contributed by atoms with Crippen LogP contribution in [0.1, 0.15) is 18.4 Å². The summed E-state index contributed by atoms with van der Waals surface area (Å²) in [6.45, 7) is 0.687. The van der Waals surface area contributed by atoms with Crippen molar-refractivity contribution in [3.63, 3.8) is 0 Å². The number of nitro benzene ring substituents is 1. The lowest BCUT2D eigenvalue weighted by molar-refractivity contribution is -0.385. The average molecular weight is 370 g/mol. The van der Waals surface area contributed by atoms with Gasteiger partial charge in [-0.15, -0.1) is 0 Å². The quantitative estimate of drug-likeness (QED) is 0.264. The molecule has 0 spiro atoms. The number of anilines is 1. The van der Waals surface area contributed by atoms with Crippen molar-refractivity contribution in [2.45, 2.75) is 12.8 Å². The maximum Gasteiger partial charge on any atom is 0.336 e. The van der Waals surface area contributed by atoms with Gasteiger partial charge < -0.3 is 9.64 Å². The molecule has 0 aliphatic carbocycles. The Morgan fingerprint density at radius 1 is 1.22 bits per heavy atom. The van der Waals surface area contributed by atoms with Gasteiger partial charge in [0.15, 0.2) is 0 Å². The number of hydrogen-bond donors (Lipinski definition) is 0. The topological polar surface area (TPSA) is 89.8 Å². The number of carbonyl (C=O) groups excluding carboxylic acids is 2. The van der Waals surface area contributed by atoms with Crippen molar-refractivity contribution in [2.75, 3.05) is 11.4 Å². The summed E-state index contributed by atoms with van der Waals surface area (Å²) >= 11 is 0. The van der Waals surface area contributed by atoms with Crippen LogP contribution >= 0.6 is 0 Å². The van der Waals surface area contributed by atoms with E-state index in [4.69, 9.17) is 4.74 Å². The summed E-state index contributed by atoms with van der Waals surface area (Å²) in [6.07, 6.45) is 3.92. The van der Waals surface area contributed by atoms with Crippen LogP contribution in [0.15, 0.2) is 48.5 Å².